The molecule has 0 fully saturated rings. The van der Waals surface area contributed by atoms with Crippen LogP contribution >= 0.6 is 0 Å². The van der Waals surface area contributed by atoms with Gasteiger partial charge in [-0.2, -0.15) is 0 Å². The third-order valence-electron chi connectivity index (χ3n) is 2.14. The molecule has 0 atom stereocenters. The molecule has 4 nitrogen and oxygen atoms in total. The van der Waals surface area contributed by atoms with Gasteiger partial charge in [-0.15, -0.1) is 0 Å². The van der Waals surface area contributed by atoms with Gasteiger partial charge in [0, 0.05) is 12.6 Å². The molecule has 1 aromatic heterocycles. The molecule has 88 valence electrons. The van der Waals surface area contributed by atoms with Gasteiger partial charge < -0.3 is 5.32 Å². The molecule has 0 spiro atoms. The van der Waals surface area contributed by atoms with Gasteiger partial charge in [0.05, 0.1) is 11.3 Å². The van der Waals surface area contributed by atoms with Crippen molar-refractivity contribution in [2.24, 2.45) is 0 Å². The van der Waals surface area contributed by atoms with E-state index in [0.717, 1.165) is 6.07 Å². The van der Waals surface area contributed by atoms with Gasteiger partial charge in [0.1, 0.15) is 24.3 Å². The molecule has 6 heteroatoms. The highest BCUT2D eigenvalue weighted by atomic mass is 19.1. The third kappa shape index (κ3) is 2.35. The fraction of sp³-hybridized carbons (Fsp3) is 0.182. The summed E-state index contributed by atoms with van der Waals surface area (Å²) in [6.07, 6.45) is 2.53. The predicted octanol–water partition coefficient (Wildman–Crippen LogP) is 2.25. The molecule has 0 aliphatic heterocycles. The van der Waals surface area contributed by atoms with Crippen LogP contribution in [-0.2, 0) is 0 Å². The summed E-state index contributed by atoms with van der Waals surface area (Å²) in [6.45, 7) is 2.38. The number of nitrogens with zero attached hydrogens (tertiary/aromatic N) is 3. The van der Waals surface area contributed by atoms with E-state index in [0.29, 0.717) is 12.2 Å². The summed E-state index contributed by atoms with van der Waals surface area (Å²) in [6, 6.07) is 2.02. The number of nitrogens with one attached hydrogen (secondary N) is 1. The van der Waals surface area contributed by atoms with Gasteiger partial charge in [0.2, 0.25) is 0 Å². The normalized spacial score (nSPS) is 10.3. The Morgan fingerprint density at radius 1 is 1.18 bits per heavy atom. The third-order valence-corrected chi connectivity index (χ3v) is 2.14. The first kappa shape index (κ1) is 11.4. The lowest BCUT2D eigenvalue weighted by atomic mass is 10.1. The highest BCUT2D eigenvalue weighted by Gasteiger charge is 2.15. The van der Waals surface area contributed by atoms with Crippen LogP contribution < -0.4 is 5.32 Å². The minimum atomic E-state index is -0.702. The van der Waals surface area contributed by atoms with Crippen molar-refractivity contribution in [1.82, 2.24) is 15.0 Å². The van der Waals surface area contributed by atoms with E-state index in [2.05, 4.69) is 20.3 Å². The molecule has 0 unspecified atom stereocenters. The molecule has 0 aliphatic carbocycles. The van der Waals surface area contributed by atoms with E-state index in [1.54, 1.807) is 0 Å². The van der Waals surface area contributed by atoms with Crippen molar-refractivity contribution in [3.63, 3.8) is 0 Å². The smallest absolute Gasteiger partial charge is 0.167 e. The van der Waals surface area contributed by atoms with Gasteiger partial charge in [0.25, 0.3) is 0 Å². The molecule has 17 heavy (non-hydrogen) atoms. The van der Waals surface area contributed by atoms with Crippen molar-refractivity contribution in [3.05, 3.63) is 36.4 Å². The van der Waals surface area contributed by atoms with Crippen LogP contribution in [0.5, 0.6) is 0 Å². The van der Waals surface area contributed by atoms with Crippen LogP contribution in [0.1, 0.15) is 6.92 Å². The fourth-order valence-electron chi connectivity index (χ4n) is 1.50. The number of hydrogen-bond donors (Lipinski definition) is 1. The van der Waals surface area contributed by atoms with E-state index in [1.807, 2.05) is 6.92 Å². The Kier molecular flexibility index (Phi) is 3.22. The molecule has 0 bridgehead atoms. The molecule has 2 rings (SSSR count). The maximum atomic E-state index is 13.7. The molecule has 0 radical (unpaired) electrons. The van der Waals surface area contributed by atoms with Crippen molar-refractivity contribution in [2.75, 3.05) is 11.9 Å². The monoisotopic (exact) mass is 236 g/mol. The Labute approximate surface area is 96.8 Å². The second-order valence-corrected chi connectivity index (χ2v) is 3.30. The number of aromatic nitrogens is 3. The Hall–Kier alpha value is -2.11. The Morgan fingerprint density at radius 2 is 1.88 bits per heavy atom. The van der Waals surface area contributed by atoms with Crippen LogP contribution in [-0.4, -0.2) is 21.5 Å². The largest absolute Gasteiger partial charge is 0.385 e. The second kappa shape index (κ2) is 4.82. The summed E-state index contributed by atoms with van der Waals surface area (Å²) in [5.74, 6) is -1.17. The maximum absolute atomic E-state index is 13.7. The van der Waals surface area contributed by atoms with E-state index >= 15 is 0 Å². The first-order valence-electron chi connectivity index (χ1n) is 5.07. The lowest BCUT2D eigenvalue weighted by molar-refractivity contribution is 0.585. The highest BCUT2D eigenvalue weighted by Crippen LogP contribution is 2.28. The number of rotatable bonds is 3. The first-order chi connectivity index (χ1) is 8.22. The summed E-state index contributed by atoms with van der Waals surface area (Å²) >= 11 is 0. The standard InChI is InChI=1S/C11H10F2N4/c1-2-15-9-4-7(12)3-8(13)10(9)11-16-5-14-6-17-11/h3-6,15H,2H2,1H3. The minimum absolute atomic E-state index is 0.149. The molecule has 2 aromatic rings. The fourth-order valence-corrected chi connectivity index (χ4v) is 1.50. The lowest BCUT2D eigenvalue weighted by Gasteiger charge is -2.10. The van der Waals surface area contributed by atoms with Gasteiger partial charge in [-0.1, -0.05) is 0 Å². The quantitative estimate of drug-likeness (QED) is 0.888. The number of anilines is 1. The van der Waals surface area contributed by atoms with Gasteiger partial charge in [0.15, 0.2) is 5.82 Å². The van der Waals surface area contributed by atoms with Crippen LogP contribution in [0, 0.1) is 11.6 Å². The van der Waals surface area contributed by atoms with E-state index in [1.165, 1.54) is 18.7 Å². The lowest BCUT2D eigenvalue weighted by Crippen LogP contribution is -2.03. The number of benzene rings is 1. The molecule has 1 heterocycles. The van der Waals surface area contributed by atoms with Crippen LogP contribution in [0.4, 0.5) is 14.5 Å². The van der Waals surface area contributed by atoms with Crippen LogP contribution in [0.3, 0.4) is 0 Å². The Morgan fingerprint density at radius 3 is 2.53 bits per heavy atom. The van der Waals surface area contributed by atoms with Gasteiger partial charge in [-0.25, -0.2) is 23.7 Å². The van der Waals surface area contributed by atoms with Crippen molar-refractivity contribution < 1.29 is 8.78 Å². The summed E-state index contributed by atoms with van der Waals surface area (Å²) in [5.41, 5.74) is 0.479. The topological polar surface area (TPSA) is 50.7 Å². The van der Waals surface area contributed by atoms with Crippen LogP contribution in [0.15, 0.2) is 24.8 Å². The summed E-state index contributed by atoms with van der Waals surface area (Å²) in [7, 11) is 0. The Bertz CT molecular complexity index is 516. The average molecular weight is 236 g/mol. The Balaban J connectivity index is 2.59. The van der Waals surface area contributed by atoms with Crippen molar-refractivity contribution in [1.29, 1.82) is 0 Å². The average Bonchev–Trinajstić information content (AvgIpc) is 2.30. The second-order valence-electron chi connectivity index (χ2n) is 3.30. The van der Waals surface area contributed by atoms with Crippen molar-refractivity contribution in [3.8, 4) is 11.4 Å². The van der Waals surface area contributed by atoms with Gasteiger partial charge >= 0.3 is 0 Å². The summed E-state index contributed by atoms with van der Waals surface area (Å²) in [5, 5.41) is 2.88. The van der Waals surface area contributed by atoms with E-state index in [4.69, 9.17) is 0 Å². The van der Waals surface area contributed by atoms with Crippen molar-refractivity contribution >= 4 is 5.69 Å². The zero-order valence-corrected chi connectivity index (χ0v) is 9.11. The van der Waals surface area contributed by atoms with E-state index < -0.39 is 11.6 Å². The van der Waals surface area contributed by atoms with E-state index in [9.17, 15) is 8.78 Å². The molecule has 1 N–H and O–H groups in total. The summed E-state index contributed by atoms with van der Waals surface area (Å²) in [4.78, 5) is 11.4. The van der Waals surface area contributed by atoms with Gasteiger partial charge in [-0.3, -0.25) is 0 Å². The molecule has 1 aromatic carbocycles. The number of hydrogen-bond acceptors (Lipinski definition) is 4. The molecule has 0 aliphatic rings. The van der Waals surface area contributed by atoms with Crippen molar-refractivity contribution in [2.45, 2.75) is 6.92 Å². The zero-order chi connectivity index (χ0) is 12.3. The SMILES string of the molecule is CCNc1cc(F)cc(F)c1-c1ncncn1. The molecular weight excluding hydrogens is 226 g/mol. The van der Waals surface area contributed by atoms with Gasteiger partial charge in [-0.05, 0) is 13.0 Å². The molecule has 0 amide bonds. The summed E-state index contributed by atoms with van der Waals surface area (Å²) < 4.78 is 26.9. The molecule has 0 saturated carbocycles. The van der Waals surface area contributed by atoms with E-state index in [-0.39, 0.29) is 11.4 Å². The van der Waals surface area contributed by atoms with Crippen LogP contribution in [0.25, 0.3) is 11.4 Å². The first-order valence-corrected chi connectivity index (χ1v) is 5.07. The minimum Gasteiger partial charge on any atom is -0.385 e. The van der Waals surface area contributed by atoms with Crippen LogP contribution in [0.2, 0.25) is 0 Å². The number of halogens is 2. The molecular formula is C11H10F2N4. The predicted molar refractivity (Wildman–Crippen MR) is 59.3 cm³/mol. The maximum Gasteiger partial charge on any atom is 0.167 e. The zero-order valence-electron chi connectivity index (χ0n) is 9.11. The highest BCUT2D eigenvalue weighted by molar-refractivity contribution is 5.73. The molecule has 0 saturated heterocycles.